The average Bonchev–Trinajstić information content (AvgIpc) is 3.12. The number of allylic oxidation sites excluding steroid dienone is 1. The van der Waals surface area contributed by atoms with Crippen LogP contribution in [0.15, 0.2) is 72.9 Å². The first-order valence-corrected chi connectivity index (χ1v) is 9.44. The van der Waals surface area contributed by atoms with Crippen LogP contribution in [0, 0.1) is 0 Å². The zero-order chi connectivity index (χ0) is 21.0. The van der Waals surface area contributed by atoms with Crippen LogP contribution in [0.1, 0.15) is 37.8 Å². The summed E-state index contributed by atoms with van der Waals surface area (Å²) < 4.78 is 11.8. The lowest BCUT2D eigenvalue weighted by molar-refractivity contribution is -0.134. The number of carbonyl (C=O) groups excluding carboxylic acids is 2. The molecule has 3 rings (SSSR count). The van der Waals surface area contributed by atoms with E-state index in [0.717, 1.165) is 22.0 Å². The van der Waals surface area contributed by atoms with Gasteiger partial charge in [0.15, 0.2) is 0 Å². The van der Waals surface area contributed by atoms with Crippen LogP contribution in [0.5, 0.6) is 0 Å². The van der Waals surface area contributed by atoms with Gasteiger partial charge in [-0.05, 0) is 44.0 Å². The van der Waals surface area contributed by atoms with Crippen molar-refractivity contribution in [2.75, 3.05) is 7.11 Å². The minimum atomic E-state index is -0.582. The van der Waals surface area contributed by atoms with Crippen molar-refractivity contribution in [3.63, 3.8) is 0 Å². The van der Waals surface area contributed by atoms with Crippen LogP contribution in [0.2, 0.25) is 0 Å². The molecule has 0 aliphatic rings. The van der Waals surface area contributed by atoms with E-state index in [1.807, 2.05) is 81.4 Å². The topological polar surface area (TPSA) is 57.5 Å². The lowest BCUT2D eigenvalue weighted by atomic mass is 9.89. The Morgan fingerprint density at radius 2 is 1.72 bits per heavy atom. The molecule has 0 saturated heterocycles. The number of fused-ring (bicyclic) bond motifs is 1. The predicted octanol–water partition coefficient (Wildman–Crippen LogP) is 5.29. The summed E-state index contributed by atoms with van der Waals surface area (Å²) in [5, 5.41) is 0.918. The summed E-state index contributed by atoms with van der Waals surface area (Å²) in [4.78, 5) is 24.3. The average molecular weight is 391 g/mol. The summed E-state index contributed by atoms with van der Waals surface area (Å²) in [6, 6.07) is 17.6. The van der Waals surface area contributed by atoms with Crippen molar-refractivity contribution >= 4 is 23.0 Å². The molecule has 2 aromatic carbocycles. The monoisotopic (exact) mass is 391 g/mol. The first-order chi connectivity index (χ1) is 13.8. The molecule has 0 radical (unpaired) electrons. The van der Waals surface area contributed by atoms with Crippen molar-refractivity contribution in [1.29, 1.82) is 0 Å². The molecule has 5 heteroatoms. The molecule has 0 saturated carbocycles. The van der Waals surface area contributed by atoms with Crippen LogP contribution in [0.25, 0.3) is 10.9 Å². The lowest BCUT2D eigenvalue weighted by Gasteiger charge is -2.20. The molecule has 0 spiro atoms. The molecule has 1 heterocycles. The van der Waals surface area contributed by atoms with Crippen molar-refractivity contribution < 1.29 is 19.1 Å². The van der Waals surface area contributed by atoms with Gasteiger partial charge in [0.1, 0.15) is 5.60 Å². The molecule has 0 aliphatic heterocycles. The number of ether oxygens (including phenoxy) is 2. The van der Waals surface area contributed by atoms with Gasteiger partial charge in [-0.15, -0.1) is 0 Å². The Labute approximate surface area is 170 Å². The third-order valence-corrected chi connectivity index (χ3v) is 4.48. The maximum absolute atomic E-state index is 12.6. The molecule has 0 amide bonds. The van der Waals surface area contributed by atoms with Gasteiger partial charge in [-0.2, -0.15) is 0 Å². The first-order valence-electron chi connectivity index (χ1n) is 9.44. The zero-order valence-electron chi connectivity index (χ0n) is 17.1. The van der Waals surface area contributed by atoms with Gasteiger partial charge >= 0.3 is 12.1 Å². The molecule has 5 nitrogen and oxygen atoms in total. The van der Waals surface area contributed by atoms with E-state index in [1.54, 1.807) is 6.20 Å². The number of hydrogen-bond donors (Lipinski definition) is 0. The van der Waals surface area contributed by atoms with Gasteiger partial charge in [0.2, 0.25) is 0 Å². The molecular weight excluding hydrogens is 366 g/mol. The van der Waals surface area contributed by atoms with E-state index < -0.39 is 17.7 Å². The fourth-order valence-corrected chi connectivity index (χ4v) is 3.23. The third kappa shape index (κ3) is 4.74. The SMILES string of the molecule is COC(=O)C=C[C@@H](c1ccccc1)c1cccc2c1ccn2C(=O)OC(C)(C)C. The number of esters is 1. The second-order valence-corrected chi connectivity index (χ2v) is 7.72. The van der Waals surface area contributed by atoms with E-state index in [1.165, 1.54) is 17.8 Å². The molecule has 3 aromatic rings. The summed E-state index contributed by atoms with van der Waals surface area (Å²) >= 11 is 0. The van der Waals surface area contributed by atoms with E-state index in [9.17, 15) is 9.59 Å². The largest absolute Gasteiger partial charge is 0.466 e. The molecule has 0 unspecified atom stereocenters. The van der Waals surface area contributed by atoms with E-state index >= 15 is 0 Å². The van der Waals surface area contributed by atoms with E-state index in [0.29, 0.717) is 0 Å². The first kappa shape index (κ1) is 20.4. The van der Waals surface area contributed by atoms with Crippen LogP contribution in [-0.2, 0) is 14.3 Å². The molecule has 150 valence electrons. The van der Waals surface area contributed by atoms with Crippen molar-refractivity contribution in [2.24, 2.45) is 0 Å². The highest BCUT2D eigenvalue weighted by Crippen LogP contribution is 2.32. The maximum Gasteiger partial charge on any atom is 0.418 e. The van der Waals surface area contributed by atoms with Crippen LogP contribution >= 0.6 is 0 Å². The van der Waals surface area contributed by atoms with Gasteiger partial charge in [0.05, 0.1) is 12.6 Å². The van der Waals surface area contributed by atoms with E-state index in [-0.39, 0.29) is 5.92 Å². The number of methoxy groups -OCH3 is 1. The van der Waals surface area contributed by atoms with Crippen molar-refractivity contribution in [3.05, 3.63) is 84.1 Å². The third-order valence-electron chi connectivity index (χ3n) is 4.48. The number of carbonyl (C=O) groups is 2. The Morgan fingerprint density at radius 3 is 2.38 bits per heavy atom. The highest BCUT2D eigenvalue weighted by atomic mass is 16.6. The lowest BCUT2D eigenvalue weighted by Crippen LogP contribution is -2.26. The van der Waals surface area contributed by atoms with Crippen LogP contribution < -0.4 is 0 Å². The number of nitrogens with zero attached hydrogens (tertiary/aromatic N) is 1. The smallest absolute Gasteiger partial charge is 0.418 e. The number of hydrogen-bond acceptors (Lipinski definition) is 4. The van der Waals surface area contributed by atoms with Gasteiger partial charge in [0.25, 0.3) is 0 Å². The quantitative estimate of drug-likeness (QED) is 0.448. The number of aromatic nitrogens is 1. The van der Waals surface area contributed by atoms with Crippen LogP contribution in [0.3, 0.4) is 0 Å². The Balaban J connectivity index is 2.09. The highest BCUT2D eigenvalue weighted by Gasteiger charge is 2.21. The van der Waals surface area contributed by atoms with Crippen molar-refractivity contribution in [2.45, 2.75) is 32.3 Å². The Hall–Kier alpha value is -3.34. The molecule has 29 heavy (non-hydrogen) atoms. The van der Waals surface area contributed by atoms with Gasteiger partial charge in [-0.1, -0.05) is 48.5 Å². The van der Waals surface area contributed by atoms with Crippen LogP contribution in [0.4, 0.5) is 4.79 Å². The minimum absolute atomic E-state index is 0.173. The number of rotatable bonds is 4. The van der Waals surface area contributed by atoms with Gasteiger partial charge in [0, 0.05) is 23.6 Å². The van der Waals surface area contributed by atoms with E-state index in [4.69, 9.17) is 9.47 Å². The summed E-state index contributed by atoms with van der Waals surface area (Å²) in [6.07, 6.45) is 4.54. The second-order valence-electron chi connectivity index (χ2n) is 7.72. The summed E-state index contributed by atoms with van der Waals surface area (Å²) in [6.45, 7) is 5.52. The van der Waals surface area contributed by atoms with Crippen molar-refractivity contribution in [1.82, 2.24) is 4.57 Å². The number of benzene rings is 2. The van der Waals surface area contributed by atoms with E-state index in [2.05, 4.69) is 0 Å². The second kappa shape index (κ2) is 8.35. The molecule has 0 aliphatic carbocycles. The van der Waals surface area contributed by atoms with Gasteiger partial charge in [-0.25, -0.2) is 9.59 Å². The molecule has 1 atom stereocenters. The summed E-state index contributed by atoms with van der Waals surface area (Å²) in [7, 11) is 1.35. The Bertz CT molecular complexity index is 1040. The Kier molecular flexibility index (Phi) is 5.87. The molecular formula is C24H25NO4. The molecule has 0 bridgehead atoms. The standard InChI is InChI=1S/C24H25NO4/c1-24(2,3)29-23(27)25-16-15-20-19(11-8-12-21(20)25)18(13-14-22(26)28-4)17-9-6-5-7-10-17/h5-16,18H,1-4H3/t18-/m0/s1. The zero-order valence-corrected chi connectivity index (χ0v) is 17.1. The highest BCUT2D eigenvalue weighted by molar-refractivity contribution is 5.92. The predicted molar refractivity (Wildman–Crippen MR) is 113 cm³/mol. The maximum atomic E-state index is 12.6. The fraction of sp³-hybridized carbons (Fsp3) is 0.250. The molecule has 0 N–H and O–H groups in total. The fourth-order valence-electron chi connectivity index (χ4n) is 3.23. The summed E-state index contributed by atoms with van der Waals surface area (Å²) in [5.74, 6) is -0.585. The van der Waals surface area contributed by atoms with Crippen molar-refractivity contribution in [3.8, 4) is 0 Å². The van der Waals surface area contributed by atoms with Gasteiger partial charge in [-0.3, -0.25) is 4.57 Å². The van der Waals surface area contributed by atoms with Gasteiger partial charge < -0.3 is 9.47 Å². The summed E-state index contributed by atoms with van der Waals surface area (Å²) in [5.41, 5.74) is 2.19. The molecule has 1 aromatic heterocycles. The normalized spacial score (nSPS) is 12.8. The van der Waals surface area contributed by atoms with Crippen LogP contribution in [-0.4, -0.2) is 29.3 Å². The Morgan fingerprint density at radius 1 is 1.00 bits per heavy atom. The molecule has 0 fully saturated rings. The minimum Gasteiger partial charge on any atom is -0.466 e.